The number of hydrogen-bond donors (Lipinski definition) is 2. The molecule has 6 aromatic rings. The lowest BCUT2D eigenvalue weighted by Crippen LogP contribution is -2.47. The van der Waals surface area contributed by atoms with E-state index in [1.165, 1.54) is 16.8 Å². The van der Waals surface area contributed by atoms with Gasteiger partial charge < -0.3 is 29.5 Å². The fourth-order valence-electron chi connectivity index (χ4n) is 6.87. The Kier molecular flexibility index (Phi) is 7.52. The highest BCUT2D eigenvalue weighted by atomic mass is 35.5. The first-order valence-corrected chi connectivity index (χ1v) is 16.1. The van der Waals surface area contributed by atoms with Crippen molar-refractivity contribution >= 4 is 51.2 Å². The van der Waals surface area contributed by atoms with E-state index >= 15 is 0 Å². The molecule has 7 heterocycles. The van der Waals surface area contributed by atoms with Crippen LogP contribution in [0.1, 0.15) is 12.2 Å². The third-order valence-electron chi connectivity index (χ3n) is 9.17. The number of likely N-dealkylation sites (N-methyl/N-ethyl adjacent to an activating group) is 1. The molecule has 1 fully saturated rings. The van der Waals surface area contributed by atoms with E-state index in [9.17, 15) is 14.3 Å². The number of aromatic nitrogens is 8. The van der Waals surface area contributed by atoms with Crippen LogP contribution in [0.15, 0.2) is 54.9 Å². The highest BCUT2D eigenvalue weighted by Crippen LogP contribution is 2.35. The fourth-order valence-corrected chi connectivity index (χ4v) is 7.03. The number of nitrogens with one attached hydrogen (secondary N) is 1. The lowest BCUT2D eigenvalue weighted by atomic mass is 10.1. The Bertz CT molecular complexity index is 2260. The second kappa shape index (κ2) is 11.9. The van der Waals surface area contributed by atoms with E-state index in [0.29, 0.717) is 54.5 Å². The second-order valence-electron chi connectivity index (χ2n) is 12.3. The predicted molar refractivity (Wildman–Crippen MR) is 180 cm³/mol. The van der Waals surface area contributed by atoms with Crippen molar-refractivity contribution in [3.63, 3.8) is 0 Å². The van der Waals surface area contributed by atoms with E-state index in [1.54, 1.807) is 31.5 Å². The van der Waals surface area contributed by atoms with E-state index < -0.39 is 11.9 Å². The molecule has 16 heteroatoms. The number of ether oxygens (including phenoxy) is 1. The van der Waals surface area contributed by atoms with Gasteiger partial charge in [0.25, 0.3) is 0 Å². The van der Waals surface area contributed by atoms with Gasteiger partial charge >= 0.3 is 0 Å². The third kappa shape index (κ3) is 5.34. The molecular formula is C33H31ClFN11O3. The van der Waals surface area contributed by atoms with Crippen LogP contribution < -0.4 is 10.2 Å². The van der Waals surface area contributed by atoms with Crippen molar-refractivity contribution in [2.75, 3.05) is 37.5 Å². The van der Waals surface area contributed by atoms with Gasteiger partial charge in [0.1, 0.15) is 46.5 Å². The molecule has 2 aliphatic rings. The molecule has 3 unspecified atom stereocenters. The van der Waals surface area contributed by atoms with Crippen molar-refractivity contribution in [2.45, 2.75) is 38.1 Å². The molecule has 0 spiro atoms. The third-order valence-corrected chi connectivity index (χ3v) is 9.34. The molecule has 0 saturated carbocycles. The predicted octanol–water partition coefficient (Wildman–Crippen LogP) is 3.98. The molecule has 4 bridgehead atoms. The average molecular weight is 684 g/mol. The van der Waals surface area contributed by atoms with Crippen molar-refractivity contribution < 1.29 is 19.0 Å². The smallest absolute Gasteiger partial charge is 0.245 e. The van der Waals surface area contributed by atoms with E-state index in [2.05, 4.69) is 25.0 Å². The standard InChI is InChI=1S/C33H31ClFN11O3/c1-17-38-23-9-10-36-28-22-5-4-6-27(40-22)39-19-12-25(32(48)43(2)15-20(49-3)16-44(17)29(23)28)45(14-19)30-21-13-37-46(31(21)42-33(34)41-30)24-8-7-18(35)11-26(24)47/h4-11,13,19-20,25,47H,12,14-16H2,1-3H3,(H,39,40). The molecule has 0 aliphatic carbocycles. The molecule has 250 valence electrons. The van der Waals surface area contributed by atoms with E-state index in [1.807, 2.05) is 36.1 Å². The number of benzene rings is 1. The minimum Gasteiger partial charge on any atom is -0.506 e. The molecule has 2 aliphatic heterocycles. The largest absolute Gasteiger partial charge is 0.506 e. The molecular weight excluding hydrogens is 653 g/mol. The summed E-state index contributed by atoms with van der Waals surface area (Å²) in [4.78, 5) is 41.4. The maximum atomic E-state index is 14.4. The van der Waals surface area contributed by atoms with Crippen LogP contribution in [0.25, 0.3) is 39.1 Å². The first-order chi connectivity index (χ1) is 23.7. The summed E-state index contributed by atoms with van der Waals surface area (Å²) in [6.45, 7) is 3.05. The van der Waals surface area contributed by atoms with Crippen LogP contribution in [0.3, 0.4) is 0 Å². The average Bonchev–Trinajstić information content (AvgIpc) is 3.78. The van der Waals surface area contributed by atoms with Gasteiger partial charge in [-0.2, -0.15) is 15.1 Å². The minimum atomic E-state index is -0.648. The number of fused-ring (bicyclic) bond motifs is 6. The molecule has 2 N–H and O–H groups in total. The number of imidazole rings is 1. The second-order valence-corrected chi connectivity index (χ2v) is 12.6. The molecule has 14 nitrogen and oxygen atoms in total. The van der Waals surface area contributed by atoms with Crippen molar-refractivity contribution in [1.82, 2.24) is 44.2 Å². The number of anilines is 2. The van der Waals surface area contributed by atoms with Crippen LogP contribution in [0.5, 0.6) is 5.75 Å². The SMILES string of the molecule is COC1CN(C)C(=O)C2CC(CN2c2nc(Cl)nc3c2cnn3-c2ccc(F)cc2O)Nc2cccc(n2)-c2nccc3nc(C)n(c23)C1. The van der Waals surface area contributed by atoms with Crippen molar-refractivity contribution in [3.8, 4) is 22.8 Å². The molecule has 1 amide bonds. The summed E-state index contributed by atoms with van der Waals surface area (Å²) in [5.41, 5.74) is 3.53. The van der Waals surface area contributed by atoms with Gasteiger partial charge in [-0.1, -0.05) is 6.07 Å². The summed E-state index contributed by atoms with van der Waals surface area (Å²) >= 11 is 6.50. The number of carbonyl (C=O) groups is 1. The Hall–Kier alpha value is -5.41. The number of rotatable bonds is 3. The maximum absolute atomic E-state index is 14.4. The monoisotopic (exact) mass is 683 g/mol. The van der Waals surface area contributed by atoms with Gasteiger partial charge in [0.05, 0.1) is 41.0 Å². The summed E-state index contributed by atoms with van der Waals surface area (Å²) in [6.07, 6.45) is 3.34. The lowest BCUT2D eigenvalue weighted by molar-refractivity contribution is -0.132. The van der Waals surface area contributed by atoms with Gasteiger partial charge in [-0.15, -0.1) is 0 Å². The fraction of sp³-hybridized carbons (Fsp3) is 0.303. The van der Waals surface area contributed by atoms with Gasteiger partial charge in [-0.3, -0.25) is 9.78 Å². The first kappa shape index (κ1) is 30.9. The molecule has 3 atom stereocenters. The number of aryl methyl sites for hydroxylation is 1. The van der Waals surface area contributed by atoms with Crippen molar-refractivity contribution in [2.24, 2.45) is 0 Å². The van der Waals surface area contributed by atoms with Crippen LogP contribution in [0.2, 0.25) is 5.28 Å². The van der Waals surface area contributed by atoms with Gasteiger partial charge in [0.15, 0.2) is 5.65 Å². The van der Waals surface area contributed by atoms with Gasteiger partial charge in [-0.05, 0) is 55.3 Å². The quantitative estimate of drug-likeness (QED) is 0.261. The number of pyridine rings is 2. The summed E-state index contributed by atoms with van der Waals surface area (Å²) < 4.78 is 23.2. The zero-order chi connectivity index (χ0) is 34.0. The van der Waals surface area contributed by atoms with Crippen LogP contribution in [0, 0.1) is 12.7 Å². The van der Waals surface area contributed by atoms with Gasteiger partial charge in [0, 0.05) is 45.6 Å². The van der Waals surface area contributed by atoms with Gasteiger partial charge in [0.2, 0.25) is 11.2 Å². The van der Waals surface area contributed by atoms with Crippen molar-refractivity contribution in [3.05, 3.63) is 71.8 Å². The number of aromatic hydroxyl groups is 1. The van der Waals surface area contributed by atoms with Crippen LogP contribution in [-0.4, -0.2) is 101 Å². The van der Waals surface area contributed by atoms with Gasteiger partial charge in [-0.25, -0.2) is 19.0 Å². The Morgan fingerprint density at radius 2 is 1.94 bits per heavy atom. The Morgan fingerprint density at radius 1 is 1.08 bits per heavy atom. The highest BCUT2D eigenvalue weighted by molar-refractivity contribution is 6.28. The number of methoxy groups -OCH3 is 1. The summed E-state index contributed by atoms with van der Waals surface area (Å²) in [5.74, 6) is 0.775. The maximum Gasteiger partial charge on any atom is 0.245 e. The number of halogens is 2. The van der Waals surface area contributed by atoms with Crippen LogP contribution in [-0.2, 0) is 16.1 Å². The zero-order valence-electron chi connectivity index (χ0n) is 26.7. The molecule has 0 radical (unpaired) electrons. The minimum absolute atomic E-state index is 0.0778. The van der Waals surface area contributed by atoms with E-state index in [-0.39, 0.29) is 40.4 Å². The number of phenolic OH excluding ortho intramolecular Hbond substituents is 1. The Morgan fingerprint density at radius 3 is 2.76 bits per heavy atom. The summed E-state index contributed by atoms with van der Waals surface area (Å²) in [5, 5.41) is 18.9. The molecule has 1 aromatic carbocycles. The first-order valence-electron chi connectivity index (χ1n) is 15.7. The highest BCUT2D eigenvalue weighted by Gasteiger charge is 2.41. The van der Waals surface area contributed by atoms with Crippen LogP contribution >= 0.6 is 11.6 Å². The summed E-state index contributed by atoms with van der Waals surface area (Å²) in [6, 6.07) is 10.4. The van der Waals surface area contributed by atoms with Crippen molar-refractivity contribution in [1.29, 1.82) is 0 Å². The topological polar surface area (TPSA) is 152 Å². The number of amides is 1. The molecule has 49 heavy (non-hydrogen) atoms. The normalized spacial score (nSPS) is 19.7. The van der Waals surface area contributed by atoms with Crippen LogP contribution in [0.4, 0.5) is 16.0 Å². The number of phenols is 1. The molecule has 1 saturated heterocycles. The Labute approximate surface area is 284 Å². The Balaban J connectivity index is 1.23. The summed E-state index contributed by atoms with van der Waals surface area (Å²) in [7, 11) is 3.40. The van der Waals surface area contributed by atoms with E-state index in [0.717, 1.165) is 22.9 Å². The van der Waals surface area contributed by atoms with E-state index in [4.69, 9.17) is 31.3 Å². The number of hydrogen-bond acceptors (Lipinski definition) is 11. The number of nitrogens with zero attached hydrogens (tertiary/aromatic N) is 10. The molecule has 8 rings (SSSR count). The lowest BCUT2D eigenvalue weighted by Gasteiger charge is -2.31. The molecule has 5 aromatic heterocycles. The number of carbonyl (C=O) groups excluding carboxylic acids is 1. The zero-order valence-corrected chi connectivity index (χ0v) is 27.5.